The van der Waals surface area contributed by atoms with Crippen LogP contribution in [0.3, 0.4) is 0 Å². The van der Waals surface area contributed by atoms with Crippen molar-refractivity contribution in [3.05, 3.63) is 22.4 Å². The molecule has 4 nitrogen and oxygen atoms in total. The standard InChI is InChI=1S/C7H8BrFN2O2S/c1-11-14(12,13)7-3-6(10)5(9)2-4(7)8/h2-3,11H,10H2,1H3. The lowest BCUT2D eigenvalue weighted by atomic mass is 10.3. The van der Waals surface area contributed by atoms with Crippen LogP contribution < -0.4 is 10.5 Å². The molecule has 1 rings (SSSR count). The minimum absolute atomic E-state index is 0.0844. The van der Waals surface area contributed by atoms with Crippen LogP contribution in [0.5, 0.6) is 0 Å². The van der Waals surface area contributed by atoms with Gasteiger partial charge in [0.2, 0.25) is 10.0 Å². The maximum Gasteiger partial charge on any atom is 0.241 e. The number of benzene rings is 1. The second-order valence-electron chi connectivity index (χ2n) is 2.51. The summed E-state index contributed by atoms with van der Waals surface area (Å²) in [5.41, 5.74) is 5.05. The van der Waals surface area contributed by atoms with E-state index in [1.165, 1.54) is 7.05 Å². The Morgan fingerprint density at radius 1 is 1.50 bits per heavy atom. The summed E-state index contributed by atoms with van der Waals surface area (Å²) in [5, 5.41) is 0. The van der Waals surface area contributed by atoms with E-state index in [1.807, 2.05) is 0 Å². The Morgan fingerprint density at radius 2 is 2.07 bits per heavy atom. The molecule has 0 amide bonds. The summed E-state index contributed by atoms with van der Waals surface area (Å²) in [6.45, 7) is 0. The van der Waals surface area contributed by atoms with Crippen molar-refractivity contribution in [2.45, 2.75) is 4.90 Å². The third-order valence-electron chi connectivity index (χ3n) is 1.61. The van der Waals surface area contributed by atoms with E-state index in [0.717, 1.165) is 12.1 Å². The molecule has 3 N–H and O–H groups in total. The second-order valence-corrected chi connectivity index (χ2v) is 5.22. The second kappa shape index (κ2) is 3.84. The average Bonchev–Trinajstić information content (AvgIpc) is 2.11. The van der Waals surface area contributed by atoms with Gasteiger partial charge in [-0.25, -0.2) is 17.5 Å². The highest BCUT2D eigenvalue weighted by Gasteiger charge is 2.17. The maximum absolute atomic E-state index is 12.9. The van der Waals surface area contributed by atoms with Crippen molar-refractivity contribution in [3.63, 3.8) is 0 Å². The number of hydrogen-bond acceptors (Lipinski definition) is 3. The first kappa shape index (κ1) is 11.4. The first-order valence-corrected chi connectivity index (χ1v) is 5.84. The van der Waals surface area contributed by atoms with Gasteiger partial charge in [-0.05, 0) is 35.1 Å². The molecular weight excluding hydrogens is 275 g/mol. The van der Waals surface area contributed by atoms with Crippen LogP contribution in [0.2, 0.25) is 0 Å². The summed E-state index contributed by atoms with van der Waals surface area (Å²) >= 11 is 2.94. The van der Waals surface area contributed by atoms with Gasteiger partial charge in [-0.15, -0.1) is 0 Å². The Hall–Kier alpha value is -0.660. The summed E-state index contributed by atoms with van der Waals surface area (Å²) < 4.78 is 37.9. The number of rotatable bonds is 2. The van der Waals surface area contributed by atoms with Gasteiger partial charge >= 0.3 is 0 Å². The minimum atomic E-state index is -3.61. The normalized spacial score (nSPS) is 11.6. The predicted octanol–water partition coefficient (Wildman–Crippen LogP) is 1.08. The van der Waals surface area contributed by atoms with Gasteiger partial charge in [-0.2, -0.15) is 0 Å². The molecule has 1 aromatic rings. The summed E-state index contributed by atoms with van der Waals surface area (Å²) in [7, 11) is -2.35. The average molecular weight is 283 g/mol. The predicted molar refractivity (Wildman–Crippen MR) is 54.8 cm³/mol. The van der Waals surface area contributed by atoms with Crippen LogP contribution in [-0.2, 0) is 10.0 Å². The molecule has 1 aromatic carbocycles. The Balaban J connectivity index is 3.45. The van der Waals surface area contributed by atoms with E-state index in [1.54, 1.807) is 0 Å². The molecule has 0 aliphatic rings. The lowest BCUT2D eigenvalue weighted by Gasteiger charge is -2.06. The largest absolute Gasteiger partial charge is 0.396 e. The van der Waals surface area contributed by atoms with Crippen LogP contribution in [0.4, 0.5) is 10.1 Å². The zero-order chi connectivity index (χ0) is 10.9. The third kappa shape index (κ3) is 2.05. The number of sulfonamides is 1. The lowest BCUT2D eigenvalue weighted by molar-refractivity contribution is 0.586. The number of nitrogen functional groups attached to an aromatic ring is 1. The van der Waals surface area contributed by atoms with E-state index in [9.17, 15) is 12.8 Å². The SMILES string of the molecule is CNS(=O)(=O)c1cc(N)c(F)cc1Br. The van der Waals surface area contributed by atoms with Crippen molar-refractivity contribution in [1.29, 1.82) is 0 Å². The highest BCUT2D eigenvalue weighted by atomic mass is 79.9. The summed E-state index contributed by atoms with van der Waals surface area (Å²) in [5.74, 6) is -0.660. The van der Waals surface area contributed by atoms with E-state index in [0.29, 0.717) is 0 Å². The lowest BCUT2D eigenvalue weighted by Crippen LogP contribution is -2.19. The van der Waals surface area contributed by atoms with Gasteiger partial charge in [0.05, 0.1) is 10.6 Å². The molecular formula is C7H8BrFN2O2S. The number of nitrogens with two attached hydrogens (primary N) is 1. The van der Waals surface area contributed by atoms with Crippen molar-refractivity contribution in [2.24, 2.45) is 0 Å². The molecule has 0 saturated carbocycles. The molecule has 0 unspecified atom stereocenters. The number of anilines is 1. The molecule has 0 aliphatic carbocycles. The van der Waals surface area contributed by atoms with Gasteiger partial charge in [0, 0.05) is 4.47 Å². The van der Waals surface area contributed by atoms with Crippen molar-refractivity contribution in [2.75, 3.05) is 12.8 Å². The van der Waals surface area contributed by atoms with E-state index in [-0.39, 0.29) is 15.1 Å². The van der Waals surface area contributed by atoms with Gasteiger partial charge in [-0.1, -0.05) is 0 Å². The molecule has 14 heavy (non-hydrogen) atoms. The molecule has 0 heterocycles. The van der Waals surface area contributed by atoms with Gasteiger partial charge in [0.25, 0.3) is 0 Å². The first-order chi connectivity index (χ1) is 6.38. The zero-order valence-corrected chi connectivity index (χ0v) is 9.62. The highest BCUT2D eigenvalue weighted by molar-refractivity contribution is 9.10. The molecule has 0 spiro atoms. The Bertz CT molecular complexity index is 461. The van der Waals surface area contributed by atoms with Crippen LogP contribution in [-0.4, -0.2) is 15.5 Å². The summed E-state index contributed by atoms with van der Waals surface area (Å²) in [6.07, 6.45) is 0. The molecule has 0 bridgehead atoms. The summed E-state index contributed by atoms with van der Waals surface area (Å²) in [6, 6.07) is 2.07. The number of nitrogens with one attached hydrogen (secondary N) is 1. The van der Waals surface area contributed by atoms with E-state index < -0.39 is 15.8 Å². The molecule has 0 aliphatic heterocycles. The fourth-order valence-corrected chi connectivity index (χ4v) is 2.63. The molecule has 0 radical (unpaired) electrons. The van der Waals surface area contributed by atoms with Crippen molar-refractivity contribution >= 4 is 31.6 Å². The van der Waals surface area contributed by atoms with Crippen LogP contribution in [0.15, 0.2) is 21.5 Å². The Labute approximate surface area is 89.5 Å². The fourth-order valence-electron chi connectivity index (χ4n) is 0.861. The van der Waals surface area contributed by atoms with Crippen LogP contribution in [0.25, 0.3) is 0 Å². The Morgan fingerprint density at radius 3 is 2.57 bits per heavy atom. The molecule has 0 atom stereocenters. The van der Waals surface area contributed by atoms with E-state index in [2.05, 4.69) is 20.7 Å². The maximum atomic E-state index is 12.9. The van der Waals surface area contributed by atoms with Crippen LogP contribution in [0.1, 0.15) is 0 Å². The molecule has 0 fully saturated rings. The highest BCUT2D eigenvalue weighted by Crippen LogP contribution is 2.26. The van der Waals surface area contributed by atoms with Gasteiger partial charge in [-0.3, -0.25) is 0 Å². The van der Waals surface area contributed by atoms with Crippen LogP contribution in [0, 0.1) is 5.82 Å². The first-order valence-electron chi connectivity index (χ1n) is 3.56. The van der Waals surface area contributed by atoms with Crippen molar-refractivity contribution in [1.82, 2.24) is 4.72 Å². The van der Waals surface area contributed by atoms with Crippen molar-refractivity contribution < 1.29 is 12.8 Å². The quantitative estimate of drug-likeness (QED) is 0.798. The smallest absolute Gasteiger partial charge is 0.241 e. The third-order valence-corrected chi connectivity index (χ3v) is 3.98. The zero-order valence-electron chi connectivity index (χ0n) is 7.21. The number of halogens is 2. The molecule has 0 saturated heterocycles. The van der Waals surface area contributed by atoms with Crippen molar-refractivity contribution in [3.8, 4) is 0 Å². The monoisotopic (exact) mass is 282 g/mol. The topological polar surface area (TPSA) is 72.2 Å². The molecule has 7 heteroatoms. The van der Waals surface area contributed by atoms with Crippen LogP contribution >= 0.6 is 15.9 Å². The van der Waals surface area contributed by atoms with E-state index >= 15 is 0 Å². The van der Waals surface area contributed by atoms with Gasteiger partial charge < -0.3 is 5.73 Å². The molecule has 0 aromatic heterocycles. The number of hydrogen-bond donors (Lipinski definition) is 2. The fraction of sp³-hybridized carbons (Fsp3) is 0.143. The Kier molecular flexibility index (Phi) is 3.13. The molecule has 78 valence electrons. The van der Waals surface area contributed by atoms with Gasteiger partial charge in [0.1, 0.15) is 5.82 Å². The van der Waals surface area contributed by atoms with E-state index in [4.69, 9.17) is 5.73 Å². The summed E-state index contributed by atoms with van der Waals surface area (Å²) in [4.78, 5) is -0.0844. The van der Waals surface area contributed by atoms with Gasteiger partial charge in [0.15, 0.2) is 0 Å². The minimum Gasteiger partial charge on any atom is -0.396 e.